The number of nitrogen functional groups attached to an aromatic ring is 1. The predicted molar refractivity (Wildman–Crippen MR) is 82.4 cm³/mol. The van der Waals surface area contributed by atoms with E-state index < -0.39 is 0 Å². The van der Waals surface area contributed by atoms with Gasteiger partial charge < -0.3 is 10.6 Å². The fourth-order valence-electron chi connectivity index (χ4n) is 1.80. The van der Waals surface area contributed by atoms with E-state index >= 15 is 0 Å². The molecule has 2 rings (SSSR count). The van der Waals surface area contributed by atoms with Crippen molar-refractivity contribution in [3.8, 4) is 6.07 Å². The molecule has 0 radical (unpaired) electrons. The van der Waals surface area contributed by atoms with Crippen LogP contribution >= 0.6 is 15.9 Å². The molecule has 0 bridgehead atoms. The van der Waals surface area contributed by atoms with Gasteiger partial charge >= 0.3 is 0 Å². The number of nitriles is 1. The maximum Gasteiger partial charge on any atom is 0.259 e. The highest BCUT2D eigenvalue weighted by molar-refractivity contribution is 9.10. The van der Waals surface area contributed by atoms with Crippen molar-refractivity contribution in [3.05, 3.63) is 58.1 Å². The minimum atomic E-state index is -0.195. The van der Waals surface area contributed by atoms with Crippen LogP contribution in [0, 0.1) is 11.3 Å². The number of anilines is 2. The maximum atomic E-state index is 12.5. The highest BCUT2D eigenvalue weighted by atomic mass is 79.9. The van der Waals surface area contributed by atoms with Crippen molar-refractivity contribution in [1.29, 1.82) is 5.26 Å². The SMILES string of the molecule is CN(C(=O)c1cccc(N)c1Br)c1cccc(C#N)c1. The van der Waals surface area contributed by atoms with E-state index in [0.29, 0.717) is 27.0 Å². The van der Waals surface area contributed by atoms with Gasteiger partial charge in [-0.15, -0.1) is 0 Å². The lowest BCUT2D eigenvalue weighted by Gasteiger charge is -2.18. The van der Waals surface area contributed by atoms with E-state index in [4.69, 9.17) is 11.0 Å². The summed E-state index contributed by atoms with van der Waals surface area (Å²) in [5.41, 5.74) is 7.94. The lowest BCUT2D eigenvalue weighted by Crippen LogP contribution is -2.26. The van der Waals surface area contributed by atoms with E-state index in [1.54, 1.807) is 49.5 Å². The molecule has 0 unspecified atom stereocenters. The molecule has 0 saturated carbocycles. The number of nitrogens with two attached hydrogens (primary N) is 1. The number of hydrogen-bond donors (Lipinski definition) is 1. The Kier molecular flexibility index (Phi) is 4.06. The van der Waals surface area contributed by atoms with Crippen molar-refractivity contribution < 1.29 is 4.79 Å². The van der Waals surface area contributed by atoms with E-state index in [1.165, 1.54) is 4.90 Å². The molecule has 0 aliphatic heterocycles. The molecule has 2 aromatic carbocycles. The van der Waals surface area contributed by atoms with E-state index in [1.807, 2.05) is 0 Å². The summed E-state index contributed by atoms with van der Waals surface area (Å²) in [5, 5.41) is 8.90. The fourth-order valence-corrected chi connectivity index (χ4v) is 2.23. The number of carbonyl (C=O) groups excluding carboxylic acids is 1. The smallest absolute Gasteiger partial charge is 0.259 e. The summed E-state index contributed by atoms with van der Waals surface area (Å²) in [6.45, 7) is 0. The zero-order chi connectivity index (χ0) is 14.7. The van der Waals surface area contributed by atoms with Crippen LogP contribution in [0.15, 0.2) is 46.9 Å². The molecule has 4 nitrogen and oxygen atoms in total. The fraction of sp³-hybridized carbons (Fsp3) is 0.0667. The summed E-state index contributed by atoms with van der Waals surface area (Å²) < 4.78 is 0.577. The average Bonchev–Trinajstić information content (AvgIpc) is 2.48. The van der Waals surface area contributed by atoms with E-state index in [0.717, 1.165) is 0 Å². The van der Waals surface area contributed by atoms with Crippen LogP contribution in [0.2, 0.25) is 0 Å². The van der Waals surface area contributed by atoms with Crippen molar-refractivity contribution in [2.75, 3.05) is 17.7 Å². The molecule has 0 spiro atoms. The molecular weight excluding hydrogens is 318 g/mol. The monoisotopic (exact) mass is 329 g/mol. The Labute approximate surface area is 125 Å². The molecule has 0 aliphatic carbocycles. The van der Waals surface area contributed by atoms with Crippen LogP contribution in [0.1, 0.15) is 15.9 Å². The van der Waals surface area contributed by atoms with Crippen LogP contribution in [0.5, 0.6) is 0 Å². The first kappa shape index (κ1) is 14.1. The molecule has 2 aromatic rings. The van der Waals surface area contributed by atoms with Crippen molar-refractivity contribution in [3.63, 3.8) is 0 Å². The molecule has 0 aliphatic rings. The Morgan fingerprint density at radius 3 is 2.70 bits per heavy atom. The summed E-state index contributed by atoms with van der Waals surface area (Å²) in [6.07, 6.45) is 0. The highest BCUT2D eigenvalue weighted by Gasteiger charge is 2.17. The van der Waals surface area contributed by atoms with Gasteiger partial charge in [0.1, 0.15) is 0 Å². The average molecular weight is 330 g/mol. The summed E-state index contributed by atoms with van der Waals surface area (Å²) in [6, 6.07) is 14.1. The summed E-state index contributed by atoms with van der Waals surface area (Å²) in [7, 11) is 1.66. The number of carbonyl (C=O) groups is 1. The third kappa shape index (κ3) is 2.65. The second-order valence-corrected chi connectivity index (χ2v) is 5.03. The number of nitrogens with zero attached hydrogens (tertiary/aromatic N) is 2. The molecule has 0 heterocycles. The molecule has 0 atom stereocenters. The lowest BCUT2D eigenvalue weighted by atomic mass is 10.1. The van der Waals surface area contributed by atoms with Crippen LogP contribution in [0.25, 0.3) is 0 Å². The Balaban J connectivity index is 2.38. The van der Waals surface area contributed by atoms with Gasteiger partial charge in [0, 0.05) is 18.4 Å². The third-order valence-corrected chi connectivity index (χ3v) is 3.81. The predicted octanol–water partition coefficient (Wildman–Crippen LogP) is 3.18. The van der Waals surface area contributed by atoms with Crippen molar-refractivity contribution in [1.82, 2.24) is 0 Å². The Morgan fingerprint density at radius 1 is 1.30 bits per heavy atom. The number of benzene rings is 2. The maximum absolute atomic E-state index is 12.5. The van der Waals surface area contributed by atoms with Crippen LogP contribution in [-0.2, 0) is 0 Å². The summed E-state index contributed by atoms with van der Waals surface area (Å²) in [5.74, 6) is -0.195. The summed E-state index contributed by atoms with van der Waals surface area (Å²) >= 11 is 3.32. The van der Waals surface area contributed by atoms with Gasteiger partial charge in [-0.1, -0.05) is 12.1 Å². The first-order chi connectivity index (χ1) is 9.54. The van der Waals surface area contributed by atoms with Crippen LogP contribution in [0.3, 0.4) is 0 Å². The molecule has 20 heavy (non-hydrogen) atoms. The van der Waals surface area contributed by atoms with Crippen molar-refractivity contribution >= 4 is 33.2 Å². The minimum absolute atomic E-state index is 0.195. The van der Waals surface area contributed by atoms with Crippen LogP contribution in [-0.4, -0.2) is 13.0 Å². The largest absolute Gasteiger partial charge is 0.398 e. The lowest BCUT2D eigenvalue weighted by molar-refractivity contribution is 0.0992. The molecule has 2 N–H and O–H groups in total. The zero-order valence-electron chi connectivity index (χ0n) is 10.8. The van der Waals surface area contributed by atoms with Gasteiger partial charge in [-0.2, -0.15) is 5.26 Å². The number of halogens is 1. The normalized spacial score (nSPS) is 9.85. The third-order valence-electron chi connectivity index (χ3n) is 2.93. The first-order valence-corrected chi connectivity index (χ1v) is 6.66. The molecule has 0 fully saturated rings. The van der Waals surface area contributed by atoms with Gasteiger partial charge in [0.2, 0.25) is 0 Å². The Hall–Kier alpha value is -2.32. The first-order valence-electron chi connectivity index (χ1n) is 5.87. The van der Waals surface area contributed by atoms with E-state index in [2.05, 4.69) is 22.0 Å². The van der Waals surface area contributed by atoms with Crippen LogP contribution < -0.4 is 10.6 Å². The second kappa shape index (κ2) is 5.76. The minimum Gasteiger partial charge on any atom is -0.398 e. The van der Waals surface area contributed by atoms with Gasteiger partial charge in [0.05, 0.1) is 21.7 Å². The Bertz CT molecular complexity index is 707. The standard InChI is InChI=1S/C15H12BrN3O/c1-19(11-5-2-4-10(8-11)9-17)15(20)12-6-3-7-13(18)14(12)16/h2-8H,18H2,1H3. The topological polar surface area (TPSA) is 70.1 Å². The molecular formula is C15H12BrN3O. The number of hydrogen-bond acceptors (Lipinski definition) is 3. The Morgan fingerprint density at radius 2 is 2.00 bits per heavy atom. The highest BCUT2D eigenvalue weighted by Crippen LogP contribution is 2.26. The molecule has 0 aromatic heterocycles. The quantitative estimate of drug-likeness (QED) is 0.860. The van der Waals surface area contributed by atoms with Gasteiger partial charge in [-0.3, -0.25) is 4.79 Å². The van der Waals surface area contributed by atoms with Gasteiger partial charge in [0.15, 0.2) is 0 Å². The second-order valence-electron chi connectivity index (χ2n) is 4.24. The van der Waals surface area contributed by atoms with Crippen LogP contribution in [0.4, 0.5) is 11.4 Å². The number of amides is 1. The molecule has 100 valence electrons. The van der Waals surface area contributed by atoms with E-state index in [9.17, 15) is 4.79 Å². The van der Waals surface area contributed by atoms with Crippen molar-refractivity contribution in [2.45, 2.75) is 0 Å². The van der Waals surface area contributed by atoms with E-state index in [-0.39, 0.29) is 5.91 Å². The van der Waals surface area contributed by atoms with Gasteiger partial charge in [0.25, 0.3) is 5.91 Å². The molecule has 5 heteroatoms. The van der Waals surface area contributed by atoms with Crippen molar-refractivity contribution in [2.24, 2.45) is 0 Å². The summed E-state index contributed by atoms with van der Waals surface area (Å²) in [4.78, 5) is 14.0. The number of rotatable bonds is 2. The van der Waals surface area contributed by atoms with Gasteiger partial charge in [-0.05, 0) is 46.3 Å². The molecule has 0 saturated heterocycles. The van der Waals surface area contributed by atoms with Gasteiger partial charge in [-0.25, -0.2) is 0 Å². The molecule has 1 amide bonds. The zero-order valence-corrected chi connectivity index (χ0v) is 12.4.